The summed E-state index contributed by atoms with van der Waals surface area (Å²) in [4.78, 5) is 50.6. The third-order valence-electron chi connectivity index (χ3n) is 6.53. The van der Waals surface area contributed by atoms with Crippen LogP contribution in [-0.2, 0) is 20.6 Å². The minimum Gasteiger partial charge on any atom is -0.507 e. The van der Waals surface area contributed by atoms with Crippen molar-refractivity contribution >= 4 is 46.5 Å². The molecule has 0 spiro atoms. The lowest BCUT2D eigenvalue weighted by Gasteiger charge is -2.24. The van der Waals surface area contributed by atoms with E-state index in [1.807, 2.05) is 0 Å². The van der Waals surface area contributed by atoms with Gasteiger partial charge in [-0.3, -0.25) is 19.8 Å². The topological polar surface area (TPSA) is 175 Å². The number of carbonyl (C=O) groups excluding carboxylic acids is 3. The van der Waals surface area contributed by atoms with E-state index in [9.17, 15) is 42.6 Å². The molecule has 0 radical (unpaired) electrons. The predicted octanol–water partition coefficient (Wildman–Crippen LogP) is 4.62. The average Bonchev–Trinajstić information content (AvgIpc) is 2.94. The van der Waals surface area contributed by atoms with Crippen molar-refractivity contribution in [1.82, 2.24) is 0 Å². The van der Waals surface area contributed by atoms with Gasteiger partial charge < -0.3 is 25.3 Å². The van der Waals surface area contributed by atoms with Gasteiger partial charge in [0.15, 0.2) is 0 Å². The first-order chi connectivity index (χ1) is 20.0. The largest absolute Gasteiger partial charge is 0.507 e. The molecule has 3 aromatic carbocycles. The first-order valence-corrected chi connectivity index (χ1v) is 12.2. The number of nitrogens with zero attached hydrogens (tertiary/aromatic N) is 3. The molecule has 4 N–H and O–H groups in total. The quantitative estimate of drug-likeness (QED) is 0.288. The van der Waals surface area contributed by atoms with E-state index in [2.05, 4.69) is 5.32 Å². The molecule has 0 bridgehead atoms. The van der Waals surface area contributed by atoms with Crippen LogP contribution in [-0.4, -0.2) is 53.7 Å². The number of nitrogens with one attached hydrogen (secondary N) is 2. The number of carboxylic acids is 1. The van der Waals surface area contributed by atoms with E-state index in [1.165, 1.54) is 33.2 Å². The van der Waals surface area contributed by atoms with E-state index in [4.69, 9.17) is 10.7 Å². The molecule has 3 amide bonds. The lowest BCUT2D eigenvalue weighted by molar-refractivity contribution is -0.137. The Bertz CT molecular complexity index is 1730. The number of nitriles is 1. The van der Waals surface area contributed by atoms with Gasteiger partial charge in [-0.15, -0.1) is 0 Å². The fourth-order valence-electron chi connectivity index (χ4n) is 4.04. The standard InChI is InChI=1S/C29H24F3N5O6/c1-14(38)36(3)17-6-7-18(22(10-17)29(30,31)32)19-12-25(40)21(11-24(19)37(4)15(2)39)26(34)27(41)35-23-8-5-16(13-33)9-20(23)28(42)43/h5-12,34,40H,1-4H3,(H,35,41)(H,42,43). The molecule has 3 rings (SSSR count). The maximum Gasteiger partial charge on any atom is 0.417 e. The lowest BCUT2D eigenvalue weighted by Crippen LogP contribution is -2.27. The van der Waals surface area contributed by atoms with Crippen LogP contribution in [0.2, 0.25) is 0 Å². The third-order valence-corrected chi connectivity index (χ3v) is 6.53. The van der Waals surface area contributed by atoms with Crippen LogP contribution in [0, 0.1) is 16.7 Å². The van der Waals surface area contributed by atoms with Crippen LogP contribution in [0.25, 0.3) is 11.1 Å². The maximum absolute atomic E-state index is 14.2. The first-order valence-electron chi connectivity index (χ1n) is 12.2. The van der Waals surface area contributed by atoms with Crippen LogP contribution in [0.4, 0.5) is 30.2 Å². The van der Waals surface area contributed by atoms with Crippen LogP contribution in [0.15, 0.2) is 48.5 Å². The van der Waals surface area contributed by atoms with E-state index in [0.717, 1.165) is 53.1 Å². The second-order valence-corrected chi connectivity index (χ2v) is 9.28. The number of benzene rings is 3. The number of carbonyl (C=O) groups is 4. The Morgan fingerprint density at radius 3 is 2.07 bits per heavy atom. The molecule has 43 heavy (non-hydrogen) atoms. The summed E-state index contributed by atoms with van der Waals surface area (Å²) < 4.78 is 42.7. The van der Waals surface area contributed by atoms with Crippen molar-refractivity contribution < 1.29 is 42.6 Å². The highest BCUT2D eigenvalue weighted by Gasteiger charge is 2.36. The summed E-state index contributed by atoms with van der Waals surface area (Å²) in [5.41, 5.74) is -4.26. The van der Waals surface area contributed by atoms with E-state index in [-0.39, 0.29) is 28.2 Å². The fourth-order valence-corrected chi connectivity index (χ4v) is 4.04. The number of carboxylic acid groups (broad SMARTS) is 1. The summed E-state index contributed by atoms with van der Waals surface area (Å²) in [6, 6.07) is 10.1. The Labute approximate surface area is 242 Å². The molecular weight excluding hydrogens is 571 g/mol. The number of hydrogen-bond acceptors (Lipinski definition) is 7. The summed E-state index contributed by atoms with van der Waals surface area (Å²) >= 11 is 0. The van der Waals surface area contributed by atoms with E-state index in [0.29, 0.717) is 0 Å². The van der Waals surface area contributed by atoms with Crippen molar-refractivity contribution in [2.75, 3.05) is 29.2 Å². The molecule has 11 nitrogen and oxygen atoms in total. The zero-order valence-electron chi connectivity index (χ0n) is 23.1. The second kappa shape index (κ2) is 12.0. The zero-order valence-corrected chi connectivity index (χ0v) is 23.1. The van der Waals surface area contributed by atoms with Crippen molar-refractivity contribution in [1.29, 1.82) is 10.7 Å². The highest BCUT2D eigenvalue weighted by Crippen LogP contribution is 2.44. The minimum absolute atomic E-state index is 0.00480. The summed E-state index contributed by atoms with van der Waals surface area (Å²) in [7, 11) is 2.54. The molecule has 0 aliphatic rings. The van der Waals surface area contributed by atoms with Crippen LogP contribution in [0.5, 0.6) is 5.75 Å². The molecule has 0 aromatic heterocycles. The van der Waals surface area contributed by atoms with E-state index < -0.39 is 63.6 Å². The van der Waals surface area contributed by atoms with Crippen LogP contribution in [0.1, 0.15) is 40.9 Å². The smallest absolute Gasteiger partial charge is 0.417 e. The van der Waals surface area contributed by atoms with Gasteiger partial charge in [0.25, 0.3) is 5.91 Å². The monoisotopic (exact) mass is 595 g/mol. The Morgan fingerprint density at radius 2 is 1.53 bits per heavy atom. The molecule has 0 aliphatic carbocycles. The SMILES string of the molecule is CC(=O)N(C)c1ccc(-c2cc(O)c(C(=N)C(=O)Nc3ccc(C#N)cc3C(=O)O)cc2N(C)C(C)=O)c(C(F)(F)F)c1. The molecule has 0 aliphatic heterocycles. The summed E-state index contributed by atoms with van der Waals surface area (Å²) in [5.74, 6) is -4.60. The van der Waals surface area contributed by atoms with Crippen molar-refractivity contribution in [2.24, 2.45) is 0 Å². The third kappa shape index (κ3) is 6.62. The number of anilines is 3. The number of aromatic carboxylic acids is 1. The number of phenolic OH excluding ortho intramolecular Hbond substituents is 1. The molecular formula is C29H24F3N5O6. The summed E-state index contributed by atoms with van der Waals surface area (Å²) in [6.07, 6.45) is -4.93. The number of phenols is 1. The van der Waals surface area contributed by atoms with Crippen molar-refractivity contribution in [3.05, 3.63) is 70.8 Å². The molecule has 0 fully saturated rings. The van der Waals surface area contributed by atoms with Crippen LogP contribution < -0.4 is 15.1 Å². The molecule has 0 heterocycles. The molecule has 14 heteroatoms. The van der Waals surface area contributed by atoms with Gasteiger partial charge in [0.05, 0.1) is 34.1 Å². The predicted molar refractivity (Wildman–Crippen MR) is 150 cm³/mol. The lowest BCUT2D eigenvalue weighted by atomic mass is 9.93. The highest BCUT2D eigenvalue weighted by atomic mass is 19.4. The van der Waals surface area contributed by atoms with Crippen molar-refractivity contribution in [3.8, 4) is 22.9 Å². The number of hydrogen-bond donors (Lipinski definition) is 4. The minimum atomic E-state index is -4.93. The maximum atomic E-state index is 14.2. The van der Waals surface area contributed by atoms with Crippen molar-refractivity contribution in [3.63, 3.8) is 0 Å². The Hall–Kier alpha value is -5.71. The van der Waals surface area contributed by atoms with E-state index >= 15 is 0 Å². The fraction of sp³-hybridized carbons (Fsp3) is 0.172. The first kappa shape index (κ1) is 31.8. The molecule has 0 saturated heterocycles. The van der Waals surface area contributed by atoms with Gasteiger partial charge in [0.1, 0.15) is 11.5 Å². The Kier molecular flexibility index (Phi) is 8.90. The van der Waals surface area contributed by atoms with E-state index in [1.54, 1.807) is 6.07 Å². The highest BCUT2D eigenvalue weighted by molar-refractivity contribution is 6.48. The van der Waals surface area contributed by atoms with Gasteiger partial charge in [-0.1, -0.05) is 6.07 Å². The number of aromatic hydroxyl groups is 1. The van der Waals surface area contributed by atoms with Gasteiger partial charge in [-0.25, -0.2) is 4.79 Å². The molecule has 3 aromatic rings. The number of amides is 3. The Morgan fingerprint density at radius 1 is 0.907 bits per heavy atom. The number of halogens is 3. The Balaban J connectivity index is 2.18. The average molecular weight is 596 g/mol. The molecule has 222 valence electrons. The van der Waals surface area contributed by atoms with Gasteiger partial charge in [0, 0.05) is 44.8 Å². The molecule has 0 saturated carbocycles. The van der Waals surface area contributed by atoms with Crippen LogP contribution >= 0.6 is 0 Å². The van der Waals surface area contributed by atoms with Crippen molar-refractivity contribution in [2.45, 2.75) is 20.0 Å². The second-order valence-electron chi connectivity index (χ2n) is 9.28. The number of rotatable bonds is 7. The summed E-state index contributed by atoms with van der Waals surface area (Å²) in [6.45, 7) is 2.30. The zero-order chi connectivity index (χ0) is 32.4. The molecule has 0 unspecified atom stereocenters. The summed E-state index contributed by atoms with van der Waals surface area (Å²) in [5, 5.41) is 39.9. The van der Waals surface area contributed by atoms with Crippen LogP contribution in [0.3, 0.4) is 0 Å². The number of alkyl halides is 3. The molecule has 0 atom stereocenters. The van der Waals surface area contributed by atoms with Gasteiger partial charge in [0.2, 0.25) is 11.8 Å². The van der Waals surface area contributed by atoms with Gasteiger partial charge in [-0.05, 0) is 48.0 Å². The normalized spacial score (nSPS) is 10.8. The van der Waals surface area contributed by atoms with Gasteiger partial charge in [-0.2, -0.15) is 18.4 Å². The van der Waals surface area contributed by atoms with Gasteiger partial charge >= 0.3 is 12.1 Å².